The van der Waals surface area contributed by atoms with Crippen LogP contribution in [0.25, 0.3) is 10.9 Å². The largest absolute Gasteiger partial charge is 0.383 e. The summed E-state index contributed by atoms with van der Waals surface area (Å²) in [6.07, 6.45) is 4.98. The van der Waals surface area contributed by atoms with Crippen LogP contribution in [0.4, 0.5) is 0 Å². The molecule has 2 saturated heterocycles. The molecule has 0 saturated carbocycles. The maximum absolute atomic E-state index is 11.1. The number of benzene rings is 1. The first-order valence-electron chi connectivity index (χ1n) is 7.09. The monoisotopic (exact) mass is 254 g/mol. The van der Waals surface area contributed by atoms with Crippen molar-refractivity contribution in [2.75, 3.05) is 13.1 Å². The molecular formula is C16H18N2O. The molecule has 0 bridgehead atoms. The fourth-order valence-electron chi connectivity index (χ4n) is 3.80. The smallest absolute Gasteiger partial charge is 0.106 e. The van der Waals surface area contributed by atoms with E-state index < -0.39 is 5.60 Å². The minimum atomic E-state index is -0.666. The molecule has 0 aliphatic carbocycles. The topological polar surface area (TPSA) is 36.4 Å². The molecule has 2 unspecified atom stereocenters. The maximum Gasteiger partial charge on any atom is 0.106 e. The SMILES string of the molecule is OC1(c2ccc3ncccc3c2)CCN2CCCC21. The Morgan fingerprint density at radius 1 is 1.26 bits per heavy atom. The van der Waals surface area contributed by atoms with Crippen LogP contribution in [0.3, 0.4) is 0 Å². The molecule has 1 aromatic carbocycles. The van der Waals surface area contributed by atoms with Gasteiger partial charge in [0.2, 0.25) is 0 Å². The van der Waals surface area contributed by atoms with Gasteiger partial charge in [-0.2, -0.15) is 0 Å². The molecule has 0 spiro atoms. The van der Waals surface area contributed by atoms with Crippen LogP contribution in [-0.2, 0) is 5.60 Å². The Morgan fingerprint density at radius 3 is 3.16 bits per heavy atom. The number of fused-ring (bicyclic) bond motifs is 2. The quantitative estimate of drug-likeness (QED) is 0.848. The third kappa shape index (κ3) is 1.62. The fourth-order valence-corrected chi connectivity index (χ4v) is 3.80. The predicted molar refractivity (Wildman–Crippen MR) is 74.9 cm³/mol. The molecule has 2 aromatic rings. The number of pyridine rings is 1. The Balaban J connectivity index is 1.81. The van der Waals surface area contributed by atoms with E-state index in [0.29, 0.717) is 6.04 Å². The van der Waals surface area contributed by atoms with Gasteiger partial charge in [-0.1, -0.05) is 12.1 Å². The van der Waals surface area contributed by atoms with Crippen molar-refractivity contribution in [1.29, 1.82) is 0 Å². The van der Waals surface area contributed by atoms with E-state index in [1.165, 1.54) is 6.42 Å². The van der Waals surface area contributed by atoms with Gasteiger partial charge in [-0.25, -0.2) is 0 Å². The molecule has 2 aliphatic heterocycles. The van der Waals surface area contributed by atoms with Crippen molar-refractivity contribution in [2.24, 2.45) is 0 Å². The first-order valence-corrected chi connectivity index (χ1v) is 7.09. The molecule has 0 radical (unpaired) electrons. The van der Waals surface area contributed by atoms with E-state index in [1.54, 1.807) is 0 Å². The second kappa shape index (κ2) is 4.02. The summed E-state index contributed by atoms with van der Waals surface area (Å²) in [5.74, 6) is 0. The highest BCUT2D eigenvalue weighted by Gasteiger charge is 2.48. The normalized spacial score (nSPS) is 30.9. The fraction of sp³-hybridized carbons (Fsp3) is 0.438. The number of nitrogens with zero attached hydrogens (tertiary/aromatic N) is 2. The predicted octanol–water partition coefficient (Wildman–Crippen LogP) is 2.29. The van der Waals surface area contributed by atoms with Crippen molar-refractivity contribution in [3.63, 3.8) is 0 Å². The average molecular weight is 254 g/mol. The van der Waals surface area contributed by atoms with Crippen LogP contribution in [-0.4, -0.2) is 34.1 Å². The van der Waals surface area contributed by atoms with Crippen molar-refractivity contribution < 1.29 is 5.11 Å². The van der Waals surface area contributed by atoms with Crippen LogP contribution in [0.5, 0.6) is 0 Å². The highest BCUT2D eigenvalue weighted by Crippen LogP contribution is 2.43. The van der Waals surface area contributed by atoms with Gasteiger partial charge >= 0.3 is 0 Å². The van der Waals surface area contributed by atoms with E-state index >= 15 is 0 Å². The summed E-state index contributed by atoms with van der Waals surface area (Å²) >= 11 is 0. The number of aliphatic hydroxyl groups is 1. The van der Waals surface area contributed by atoms with Gasteiger partial charge < -0.3 is 5.11 Å². The molecule has 3 heteroatoms. The zero-order chi connectivity index (χ0) is 12.9. The molecule has 2 fully saturated rings. The molecule has 1 aromatic heterocycles. The Morgan fingerprint density at radius 2 is 2.21 bits per heavy atom. The van der Waals surface area contributed by atoms with Crippen LogP contribution >= 0.6 is 0 Å². The van der Waals surface area contributed by atoms with Gasteiger partial charge in [0.15, 0.2) is 0 Å². The summed E-state index contributed by atoms with van der Waals surface area (Å²) in [6.45, 7) is 2.16. The lowest BCUT2D eigenvalue weighted by molar-refractivity contribution is 0.00950. The zero-order valence-electron chi connectivity index (χ0n) is 10.9. The molecule has 4 rings (SSSR count). The number of rotatable bonds is 1. The van der Waals surface area contributed by atoms with Gasteiger partial charge in [0, 0.05) is 24.2 Å². The third-order valence-corrected chi connectivity index (χ3v) is 4.80. The van der Waals surface area contributed by atoms with Gasteiger partial charge in [0.25, 0.3) is 0 Å². The second-order valence-electron chi connectivity index (χ2n) is 5.78. The van der Waals surface area contributed by atoms with Crippen molar-refractivity contribution in [3.05, 3.63) is 42.1 Å². The van der Waals surface area contributed by atoms with Crippen LogP contribution in [0.2, 0.25) is 0 Å². The van der Waals surface area contributed by atoms with Crippen molar-refractivity contribution in [2.45, 2.75) is 30.9 Å². The Kier molecular flexibility index (Phi) is 2.41. The summed E-state index contributed by atoms with van der Waals surface area (Å²) in [7, 11) is 0. The highest BCUT2D eigenvalue weighted by atomic mass is 16.3. The number of hydrogen-bond acceptors (Lipinski definition) is 3. The lowest BCUT2D eigenvalue weighted by Crippen LogP contribution is -2.38. The molecule has 98 valence electrons. The molecule has 0 amide bonds. The van der Waals surface area contributed by atoms with Crippen molar-refractivity contribution in [1.82, 2.24) is 9.88 Å². The molecule has 19 heavy (non-hydrogen) atoms. The van der Waals surface area contributed by atoms with E-state index in [2.05, 4.69) is 28.1 Å². The van der Waals surface area contributed by atoms with E-state index in [9.17, 15) is 5.11 Å². The maximum atomic E-state index is 11.1. The minimum Gasteiger partial charge on any atom is -0.383 e. The first-order chi connectivity index (χ1) is 9.27. The summed E-state index contributed by atoms with van der Waals surface area (Å²) in [6, 6.07) is 10.5. The minimum absolute atomic E-state index is 0.307. The van der Waals surface area contributed by atoms with Gasteiger partial charge in [-0.15, -0.1) is 0 Å². The second-order valence-corrected chi connectivity index (χ2v) is 5.78. The van der Waals surface area contributed by atoms with Gasteiger partial charge in [-0.05, 0) is 49.6 Å². The van der Waals surface area contributed by atoms with E-state index in [0.717, 1.165) is 42.4 Å². The average Bonchev–Trinajstić information content (AvgIpc) is 3.03. The summed E-state index contributed by atoms with van der Waals surface area (Å²) < 4.78 is 0. The molecule has 2 aliphatic rings. The first kappa shape index (κ1) is 11.4. The van der Waals surface area contributed by atoms with Crippen molar-refractivity contribution in [3.8, 4) is 0 Å². The zero-order valence-corrected chi connectivity index (χ0v) is 10.9. The van der Waals surface area contributed by atoms with Crippen molar-refractivity contribution >= 4 is 10.9 Å². The Hall–Kier alpha value is -1.45. The van der Waals surface area contributed by atoms with Gasteiger partial charge in [-0.3, -0.25) is 9.88 Å². The molecule has 1 N–H and O–H groups in total. The number of aromatic nitrogens is 1. The Bertz CT molecular complexity index is 627. The van der Waals surface area contributed by atoms with Crippen LogP contribution < -0.4 is 0 Å². The number of hydrogen-bond donors (Lipinski definition) is 1. The molecule has 3 heterocycles. The van der Waals surface area contributed by atoms with Crippen LogP contribution in [0, 0.1) is 0 Å². The van der Waals surface area contributed by atoms with Gasteiger partial charge in [0.1, 0.15) is 5.60 Å². The molecule has 3 nitrogen and oxygen atoms in total. The van der Waals surface area contributed by atoms with Crippen LogP contribution in [0.1, 0.15) is 24.8 Å². The Labute approximate surface area is 112 Å². The summed E-state index contributed by atoms with van der Waals surface area (Å²) in [4.78, 5) is 6.78. The third-order valence-electron chi connectivity index (χ3n) is 4.80. The van der Waals surface area contributed by atoms with Gasteiger partial charge in [0.05, 0.1) is 5.52 Å². The van der Waals surface area contributed by atoms with E-state index in [1.807, 2.05) is 18.3 Å². The van der Waals surface area contributed by atoms with E-state index in [4.69, 9.17) is 0 Å². The summed E-state index contributed by atoms with van der Waals surface area (Å²) in [5.41, 5.74) is 1.39. The lowest BCUT2D eigenvalue weighted by Gasteiger charge is -2.30. The van der Waals surface area contributed by atoms with E-state index in [-0.39, 0.29) is 0 Å². The molecular weight excluding hydrogens is 236 g/mol. The molecule has 2 atom stereocenters. The highest BCUT2D eigenvalue weighted by molar-refractivity contribution is 5.79. The summed E-state index contributed by atoms with van der Waals surface area (Å²) in [5, 5.41) is 12.2. The van der Waals surface area contributed by atoms with Crippen LogP contribution in [0.15, 0.2) is 36.5 Å². The standard InChI is InChI=1S/C16H18N2O/c19-16(7-10-18-9-2-4-15(16)18)13-5-6-14-12(11-13)3-1-8-17-14/h1,3,5-6,8,11,15,19H,2,4,7,9-10H2. The lowest BCUT2D eigenvalue weighted by atomic mass is 9.85.